The lowest BCUT2D eigenvalue weighted by atomic mass is 10.1. The minimum atomic E-state index is -0.156. The second-order valence-electron chi connectivity index (χ2n) is 3.79. The number of carbonyl (C=O) groups is 1. The van der Waals surface area contributed by atoms with Gasteiger partial charge in [-0.15, -0.1) is 0 Å². The minimum Gasteiger partial charge on any atom is -0.370 e. The molecule has 16 heavy (non-hydrogen) atoms. The summed E-state index contributed by atoms with van der Waals surface area (Å²) in [4.78, 5) is 14.4. The van der Waals surface area contributed by atoms with Crippen molar-refractivity contribution in [3.05, 3.63) is 29.8 Å². The number of hydrogen-bond donors (Lipinski definition) is 2. The molecule has 5 heteroatoms. The number of nitrogens with zero attached hydrogens (tertiary/aromatic N) is 1. The number of halogens is 1. The number of amides is 1. The van der Waals surface area contributed by atoms with Gasteiger partial charge in [0.15, 0.2) is 0 Å². The van der Waals surface area contributed by atoms with Crippen LogP contribution in [-0.4, -0.2) is 23.8 Å². The maximum atomic E-state index is 11.6. The second-order valence-corrected chi connectivity index (χ2v) is 5.31. The van der Waals surface area contributed by atoms with E-state index in [1.165, 1.54) is 0 Å². The van der Waals surface area contributed by atoms with Crippen molar-refractivity contribution < 1.29 is 4.79 Å². The Morgan fingerprint density at radius 2 is 2.25 bits per heavy atom. The van der Waals surface area contributed by atoms with Gasteiger partial charge < -0.3 is 4.90 Å². The molecule has 1 heterocycles. The molecule has 1 aromatic rings. The van der Waals surface area contributed by atoms with Crippen LogP contribution in [0.15, 0.2) is 24.3 Å². The molecular formula is C11H13BrN2OS. The van der Waals surface area contributed by atoms with Crippen molar-refractivity contribution in [1.82, 2.24) is 4.72 Å². The third-order valence-electron chi connectivity index (χ3n) is 2.72. The van der Waals surface area contributed by atoms with Gasteiger partial charge in [-0.3, -0.25) is 9.52 Å². The minimum absolute atomic E-state index is 0.156. The molecule has 3 nitrogen and oxygen atoms in total. The Balaban J connectivity index is 2.29. The van der Waals surface area contributed by atoms with Gasteiger partial charge in [-0.2, -0.15) is 0 Å². The average Bonchev–Trinajstić information content (AvgIpc) is 2.75. The first-order valence-electron chi connectivity index (χ1n) is 5.15. The van der Waals surface area contributed by atoms with E-state index in [1.807, 2.05) is 24.3 Å². The average molecular weight is 301 g/mol. The third-order valence-corrected chi connectivity index (χ3v) is 3.67. The van der Waals surface area contributed by atoms with Gasteiger partial charge in [0, 0.05) is 23.6 Å². The van der Waals surface area contributed by atoms with Crippen LogP contribution in [-0.2, 0) is 0 Å². The Hall–Kier alpha value is -0.680. The molecule has 1 fully saturated rings. The van der Waals surface area contributed by atoms with Crippen LogP contribution < -0.4 is 9.62 Å². The molecule has 1 N–H and O–H groups in total. The van der Waals surface area contributed by atoms with Gasteiger partial charge in [-0.1, -0.05) is 40.9 Å². The van der Waals surface area contributed by atoms with Crippen molar-refractivity contribution in [2.45, 2.75) is 11.2 Å². The van der Waals surface area contributed by atoms with Crippen molar-refractivity contribution in [3.8, 4) is 0 Å². The van der Waals surface area contributed by atoms with Gasteiger partial charge in [-0.05, 0) is 18.6 Å². The fraction of sp³-hybridized carbons (Fsp3) is 0.364. The molecule has 0 saturated carbocycles. The maximum Gasteiger partial charge on any atom is 0.263 e. The Labute approximate surface area is 109 Å². The smallest absolute Gasteiger partial charge is 0.263 e. The Morgan fingerprint density at radius 1 is 1.50 bits per heavy atom. The highest BCUT2D eigenvalue weighted by atomic mass is 79.9. The molecule has 0 spiro atoms. The van der Waals surface area contributed by atoms with E-state index in [1.54, 1.807) is 0 Å². The van der Waals surface area contributed by atoms with Gasteiger partial charge >= 0.3 is 0 Å². The molecule has 0 aromatic heterocycles. The quantitative estimate of drug-likeness (QED) is 0.648. The highest BCUT2D eigenvalue weighted by Crippen LogP contribution is 2.27. The van der Waals surface area contributed by atoms with E-state index < -0.39 is 0 Å². The van der Waals surface area contributed by atoms with Crippen LogP contribution in [0.3, 0.4) is 0 Å². The Kier molecular flexibility index (Phi) is 3.76. The highest BCUT2D eigenvalue weighted by molar-refractivity contribution is 9.09. The molecule has 1 amide bonds. The topological polar surface area (TPSA) is 32.3 Å². The molecule has 1 aromatic carbocycles. The fourth-order valence-corrected chi connectivity index (χ4v) is 2.61. The lowest BCUT2D eigenvalue weighted by Gasteiger charge is -2.20. The second kappa shape index (κ2) is 5.10. The molecule has 1 aliphatic rings. The fourth-order valence-electron chi connectivity index (χ4n) is 1.94. The first-order valence-corrected chi connectivity index (χ1v) is 6.51. The SMILES string of the molecule is O=C(NS)c1ccccc1N1CCC(Br)C1. The number of carbonyl (C=O) groups excluding carboxylic acids is 1. The van der Waals surface area contributed by atoms with Gasteiger partial charge in [0.1, 0.15) is 0 Å². The summed E-state index contributed by atoms with van der Waals surface area (Å²) in [5.74, 6) is -0.156. The van der Waals surface area contributed by atoms with Gasteiger partial charge in [0.2, 0.25) is 0 Å². The Morgan fingerprint density at radius 3 is 2.88 bits per heavy atom. The molecule has 0 aliphatic carbocycles. The highest BCUT2D eigenvalue weighted by Gasteiger charge is 2.23. The van der Waals surface area contributed by atoms with Crippen LogP contribution in [0.25, 0.3) is 0 Å². The van der Waals surface area contributed by atoms with Crippen molar-refractivity contribution in [3.63, 3.8) is 0 Å². The number of nitrogens with one attached hydrogen (secondary N) is 1. The van der Waals surface area contributed by atoms with Crippen LogP contribution in [0.2, 0.25) is 0 Å². The summed E-state index contributed by atoms with van der Waals surface area (Å²) in [5, 5.41) is 0. The van der Waals surface area contributed by atoms with Crippen molar-refractivity contribution >= 4 is 40.3 Å². The Bertz CT molecular complexity index is 399. The normalized spacial score (nSPS) is 19.9. The molecule has 0 radical (unpaired) electrons. The number of para-hydroxylation sites is 1. The van der Waals surface area contributed by atoms with Gasteiger partial charge in [0.05, 0.1) is 5.56 Å². The molecule has 1 saturated heterocycles. The number of alkyl halides is 1. The van der Waals surface area contributed by atoms with E-state index in [0.717, 1.165) is 25.2 Å². The summed E-state index contributed by atoms with van der Waals surface area (Å²) in [5.41, 5.74) is 1.66. The predicted molar refractivity (Wildman–Crippen MR) is 72.4 cm³/mol. The van der Waals surface area contributed by atoms with E-state index in [4.69, 9.17) is 0 Å². The molecule has 86 valence electrons. The number of thiol groups is 1. The molecule has 0 bridgehead atoms. The van der Waals surface area contributed by atoms with E-state index in [-0.39, 0.29) is 5.91 Å². The molecule has 2 rings (SSSR count). The van der Waals surface area contributed by atoms with Gasteiger partial charge in [0.25, 0.3) is 5.91 Å². The number of benzene rings is 1. The number of anilines is 1. The predicted octanol–water partition coefficient (Wildman–Crippen LogP) is 2.23. The standard InChI is InChI=1S/C11H13BrN2OS/c12-8-5-6-14(7-8)10-4-2-1-3-9(10)11(15)13-16/h1-4,8,16H,5-7H2,(H,13,15). The molecule has 1 atom stereocenters. The van der Waals surface area contributed by atoms with Gasteiger partial charge in [-0.25, -0.2) is 0 Å². The summed E-state index contributed by atoms with van der Waals surface area (Å²) in [6.45, 7) is 1.92. The summed E-state index contributed by atoms with van der Waals surface area (Å²) >= 11 is 7.40. The molecule has 1 aliphatic heterocycles. The lowest BCUT2D eigenvalue weighted by molar-refractivity contribution is 0.0985. The summed E-state index contributed by atoms with van der Waals surface area (Å²) in [6, 6.07) is 7.61. The van der Waals surface area contributed by atoms with Crippen LogP contribution in [0.4, 0.5) is 5.69 Å². The zero-order valence-corrected chi connectivity index (χ0v) is 11.2. The first kappa shape index (κ1) is 11.8. The summed E-state index contributed by atoms with van der Waals surface area (Å²) in [7, 11) is 0. The van der Waals surface area contributed by atoms with Crippen molar-refractivity contribution in [2.24, 2.45) is 0 Å². The van der Waals surface area contributed by atoms with E-state index in [2.05, 4.69) is 38.4 Å². The third kappa shape index (κ3) is 2.35. The van der Waals surface area contributed by atoms with Crippen molar-refractivity contribution in [2.75, 3.05) is 18.0 Å². The number of rotatable bonds is 2. The van der Waals surface area contributed by atoms with Crippen LogP contribution in [0.1, 0.15) is 16.8 Å². The zero-order valence-electron chi connectivity index (χ0n) is 8.69. The van der Waals surface area contributed by atoms with E-state index in [0.29, 0.717) is 10.4 Å². The van der Waals surface area contributed by atoms with E-state index in [9.17, 15) is 4.79 Å². The summed E-state index contributed by atoms with van der Waals surface area (Å²) < 4.78 is 2.37. The monoisotopic (exact) mass is 300 g/mol. The summed E-state index contributed by atoms with van der Waals surface area (Å²) in [6.07, 6.45) is 1.11. The largest absolute Gasteiger partial charge is 0.370 e. The molecular weight excluding hydrogens is 288 g/mol. The lowest BCUT2D eigenvalue weighted by Crippen LogP contribution is -2.24. The maximum absolute atomic E-state index is 11.6. The van der Waals surface area contributed by atoms with Crippen LogP contribution in [0.5, 0.6) is 0 Å². The zero-order chi connectivity index (χ0) is 11.5. The van der Waals surface area contributed by atoms with Crippen LogP contribution >= 0.6 is 28.7 Å². The van der Waals surface area contributed by atoms with E-state index >= 15 is 0 Å². The van der Waals surface area contributed by atoms with Crippen LogP contribution in [0, 0.1) is 0 Å². The van der Waals surface area contributed by atoms with Crippen molar-refractivity contribution in [1.29, 1.82) is 0 Å². The number of hydrogen-bond acceptors (Lipinski definition) is 3. The first-order chi connectivity index (χ1) is 7.72. The molecule has 1 unspecified atom stereocenters.